The second kappa shape index (κ2) is 6.59. The summed E-state index contributed by atoms with van der Waals surface area (Å²) in [5.41, 5.74) is 13.2. The van der Waals surface area contributed by atoms with E-state index in [1.165, 1.54) is 56.0 Å². The maximum atomic E-state index is 2.63. The molecule has 1 fully saturated rings. The van der Waals surface area contributed by atoms with Crippen molar-refractivity contribution in [1.29, 1.82) is 0 Å². The Morgan fingerprint density at radius 2 is 1.42 bits per heavy atom. The highest BCUT2D eigenvalue weighted by Gasteiger charge is 2.93. The molecule has 0 saturated heterocycles. The van der Waals surface area contributed by atoms with Crippen LogP contribution in [0.15, 0.2) is 109 Å². The minimum atomic E-state index is -0.186. The fraction of sp³-hybridized carbons (Fsp3) is 0.176. The highest BCUT2D eigenvalue weighted by molar-refractivity contribution is 5.79. The number of benzene rings is 3. The van der Waals surface area contributed by atoms with Crippen LogP contribution in [0.25, 0.3) is 33.6 Å². The summed E-state index contributed by atoms with van der Waals surface area (Å²) in [7, 11) is 0. The molecular formula is C34H28N2+2. The zero-order chi connectivity index (χ0) is 24.2. The lowest BCUT2D eigenvalue weighted by molar-refractivity contribution is -0.774. The van der Waals surface area contributed by atoms with Gasteiger partial charge in [-0.15, -0.1) is 0 Å². The maximum Gasteiger partial charge on any atom is 0.272 e. The molecule has 5 aromatic rings. The van der Waals surface area contributed by atoms with Crippen molar-refractivity contribution < 1.29 is 9.13 Å². The predicted molar refractivity (Wildman–Crippen MR) is 143 cm³/mol. The molecule has 8 rings (SSSR count). The van der Waals surface area contributed by atoms with Crippen molar-refractivity contribution >= 4 is 0 Å². The van der Waals surface area contributed by atoms with E-state index < -0.39 is 0 Å². The number of aromatic nitrogens is 2. The molecule has 3 atom stereocenters. The number of fused-ring (bicyclic) bond motifs is 13. The molecular weight excluding hydrogens is 436 g/mol. The van der Waals surface area contributed by atoms with Crippen LogP contribution in [-0.4, -0.2) is 0 Å². The number of rotatable bonds is 1. The van der Waals surface area contributed by atoms with Crippen molar-refractivity contribution in [2.75, 3.05) is 0 Å². The molecule has 0 radical (unpaired) electrons. The van der Waals surface area contributed by atoms with Gasteiger partial charge in [-0.25, -0.2) is 0 Å². The van der Waals surface area contributed by atoms with E-state index >= 15 is 0 Å². The van der Waals surface area contributed by atoms with Crippen LogP contribution in [0.4, 0.5) is 0 Å². The first-order chi connectivity index (χ1) is 17.6. The highest BCUT2D eigenvalue weighted by atomic mass is 15.3. The summed E-state index contributed by atoms with van der Waals surface area (Å²) >= 11 is 0. The van der Waals surface area contributed by atoms with E-state index in [0.717, 1.165) is 0 Å². The van der Waals surface area contributed by atoms with Gasteiger partial charge in [-0.1, -0.05) is 54.6 Å². The Kier molecular flexibility index (Phi) is 3.69. The minimum Gasteiger partial charge on any atom is -0.184 e. The van der Waals surface area contributed by atoms with Crippen molar-refractivity contribution in [2.45, 2.75) is 37.8 Å². The molecule has 0 N–H and O–H groups in total. The first kappa shape index (κ1) is 20.2. The Morgan fingerprint density at radius 1 is 0.639 bits per heavy atom. The van der Waals surface area contributed by atoms with Gasteiger partial charge in [0.15, 0.2) is 11.9 Å². The predicted octanol–water partition coefficient (Wildman–Crippen LogP) is 6.46. The lowest BCUT2D eigenvalue weighted by Crippen LogP contribution is -2.52. The maximum absolute atomic E-state index is 2.63. The topological polar surface area (TPSA) is 7.76 Å². The van der Waals surface area contributed by atoms with Crippen molar-refractivity contribution in [3.05, 3.63) is 132 Å². The van der Waals surface area contributed by atoms with Gasteiger partial charge >= 0.3 is 0 Å². The molecule has 36 heavy (non-hydrogen) atoms. The van der Waals surface area contributed by atoms with Crippen LogP contribution < -0.4 is 9.13 Å². The summed E-state index contributed by atoms with van der Waals surface area (Å²) in [6.45, 7) is 6.97. The third-order valence-corrected chi connectivity index (χ3v) is 9.21. The van der Waals surface area contributed by atoms with Crippen molar-refractivity contribution in [2.24, 2.45) is 0 Å². The van der Waals surface area contributed by atoms with Gasteiger partial charge in [0.1, 0.15) is 5.41 Å². The van der Waals surface area contributed by atoms with Crippen LogP contribution in [0.2, 0.25) is 0 Å². The zero-order valence-corrected chi connectivity index (χ0v) is 20.9. The van der Waals surface area contributed by atoms with E-state index in [4.69, 9.17) is 0 Å². The van der Waals surface area contributed by atoms with E-state index in [0.29, 0.717) is 6.04 Å². The molecule has 0 bridgehead atoms. The summed E-state index contributed by atoms with van der Waals surface area (Å²) < 4.78 is 5.23. The van der Waals surface area contributed by atoms with Crippen LogP contribution in [-0.2, 0) is 11.0 Å². The fourth-order valence-corrected chi connectivity index (χ4v) is 7.68. The Labute approximate surface area is 212 Å². The fourth-order valence-electron chi connectivity index (χ4n) is 7.68. The van der Waals surface area contributed by atoms with Gasteiger partial charge in [0.2, 0.25) is 17.4 Å². The van der Waals surface area contributed by atoms with E-state index in [-0.39, 0.29) is 11.0 Å². The lowest BCUT2D eigenvalue weighted by Gasteiger charge is -2.19. The molecule has 2 heteroatoms. The van der Waals surface area contributed by atoms with Gasteiger partial charge in [-0.3, -0.25) is 0 Å². The van der Waals surface area contributed by atoms with Gasteiger partial charge in [-0.2, -0.15) is 9.13 Å². The number of hydrogen-bond acceptors (Lipinski definition) is 0. The molecule has 1 aliphatic carbocycles. The van der Waals surface area contributed by atoms with Crippen LogP contribution in [0.3, 0.4) is 0 Å². The van der Waals surface area contributed by atoms with Crippen molar-refractivity contribution in [3.8, 4) is 33.6 Å². The zero-order valence-electron chi connectivity index (χ0n) is 20.9. The van der Waals surface area contributed by atoms with E-state index in [1.54, 1.807) is 0 Å². The van der Waals surface area contributed by atoms with Gasteiger partial charge in [0.25, 0.3) is 5.54 Å². The molecule has 1 saturated carbocycles. The normalized spacial score (nSPS) is 23.9. The Bertz CT molecular complexity index is 1730. The second-order valence-corrected chi connectivity index (χ2v) is 10.9. The van der Waals surface area contributed by atoms with Gasteiger partial charge in [0.05, 0.1) is 11.1 Å². The summed E-state index contributed by atoms with van der Waals surface area (Å²) in [6.07, 6.45) is 2.34. The molecule has 3 aromatic carbocycles. The molecule has 2 aromatic heterocycles. The molecule has 0 amide bonds. The molecule has 3 unspecified atom stereocenters. The Hall–Kier alpha value is -4.04. The lowest BCUT2D eigenvalue weighted by atomic mass is 9.83. The summed E-state index contributed by atoms with van der Waals surface area (Å²) in [5.74, 6) is 0. The third kappa shape index (κ3) is 2.16. The Morgan fingerprint density at radius 3 is 2.28 bits per heavy atom. The molecule has 2 nitrogen and oxygen atoms in total. The molecule has 3 aliphatic rings. The standard InChI is InChI=1S/C34H28N2/c1-22-18-19-35-31(20-22)27-17-16-25(24-11-5-4-6-12-24)21-29(27)34(35)32-33(34,3)28-14-8-7-13-26(28)30-15-9-10-23(2)36(30)32/h4-21,32H,1-3H3/q+2. The van der Waals surface area contributed by atoms with Crippen LogP contribution >= 0.6 is 0 Å². The molecule has 1 spiro atoms. The quantitative estimate of drug-likeness (QED) is 0.252. The molecule has 172 valence electrons. The number of aryl methyl sites for hydroxylation is 2. The van der Waals surface area contributed by atoms with Crippen molar-refractivity contribution in [3.63, 3.8) is 0 Å². The smallest absolute Gasteiger partial charge is 0.184 e. The number of nitrogens with zero attached hydrogens (tertiary/aromatic N) is 2. The highest BCUT2D eigenvalue weighted by Crippen LogP contribution is 2.74. The first-order valence-electron chi connectivity index (χ1n) is 12.9. The first-order valence-corrected chi connectivity index (χ1v) is 12.9. The van der Waals surface area contributed by atoms with Crippen molar-refractivity contribution in [1.82, 2.24) is 0 Å². The SMILES string of the molecule is Cc1cc[n+]2c(c1)-c1ccc(-c3ccccc3)cc1C21C2[n+]3c(C)cccc3-c3ccccc3C21C. The van der Waals surface area contributed by atoms with Crippen LogP contribution in [0.5, 0.6) is 0 Å². The monoisotopic (exact) mass is 464 g/mol. The molecule has 4 heterocycles. The van der Waals surface area contributed by atoms with Crippen LogP contribution in [0, 0.1) is 13.8 Å². The largest absolute Gasteiger partial charge is 0.272 e. The number of pyridine rings is 2. The van der Waals surface area contributed by atoms with Gasteiger partial charge < -0.3 is 0 Å². The van der Waals surface area contributed by atoms with E-state index in [9.17, 15) is 0 Å². The summed E-state index contributed by atoms with van der Waals surface area (Å²) in [4.78, 5) is 0. The average Bonchev–Trinajstić information content (AvgIpc) is 3.38. The van der Waals surface area contributed by atoms with Gasteiger partial charge in [-0.05, 0) is 60.4 Å². The molecule has 2 aliphatic heterocycles. The average molecular weight is 465 g/mol. The number of hydrogen-bond donors (Lipinski definition) is 0. The van der Waals surface area contributed by atoms with E-state index in [1.807, 2.05) is 0 Å². The second-order valence-electron chi connectivity index (χ2n) is 10.9. The van der Waals surface area contributed by atoms with Gasteiger partial charge in [0, 0.05) is 36.8 Å². The third-order valence-electron chi connectivity index (χ3n) is 9.21. The Balaban J connectivity index is 1.50. The van der Waals surface area contributed by atoms with E-state index in [2.05, 4.69) is 139 Å². The summed E-state index contributed by atoms with van der Waals surface area (Å²) in [5, 5.41) is 0. The summed E-state index contributed by atoms with van der Waals surface area (Å²) in [6, 6.07) is 38.8. The van der Waals surface area contributed by atoms with Crippen LogP contribution in [0.1, 0.15) is 35.3 Å². The minimum absolute atomic E-state index is 0.0669.